The van der Waals surface area contributed by atoms with Gasteiger partial charge in [0, 0.05) is 6.04 Å². The summed E-state index contributed by atoms with van der Waals surface area (Å²) in [5, 5.41) is 3.52. The first-order chi connectivity index (χ1) is 8.83. The van der Waals surface area contributed by atoms with Gasteiger partial charge in [-0.25, -0.2) is 0 Å². The SMILES string of the molecule is CNC(Cc1cccc(OC)c1)C1CCCCC1. The molecule has 1 unspecified atom stereocenters. The molecule has 1 saturated carbocycles. The molecule has 1 aromatic carbocycles. The monoisotopic (exact) mass is 247 g/mol. The maximum absolute atomic E-state index is 5.30. The van der Waals surface area contributed by atoms with E-state index in [1.54, 1.807) is 7.11 Å². The first kappa shape index (κ1) is 13.4. The standard InChI is InChI=1S/C16H25NO/c1-17-16(14-8-4-3-5-9-14)12-13-7-6-10-15(11-13)18-2/h6-7,10-11,14,16-17H,3-5,8-9,12H2,1-2H3. The van der Waals surface area contributed by atoms with Gasteiger partial charge >= 0.3 is 0 Å². The summed E-state index contributed by atoms with van der Waals surface area (Å²) in [7, 11) is 3.83. The van der Waals surface area contributed by atoms with Crippen molar-refractivity contribution >= 4 is 0 Å². The number of likely N-dealkylation sites (N-methyl/N-ethyl adjacent to an activating group) is 1. The van der Waals surface area contributed by atoms with Crippen molar-refractivity contribution in [3.05, 3.63) is 29.8 Å². The molecule has 0 amide bonds. The first-order valence-corrected chi connectivity index (χ1v) is 7.13. The molecule has 0 heterocycles. The van der Waals surface area contributed by atoms with Crippen LogP contribution >= 0.6 is 0 Å². The Bertz CT molecular complexity index is 358. The fourth-order valence-corrected chi connectivity index (χ4v) is 3.09. The second-order valence-electron chi connectivity index (χ2n) is 5.35. The van der Waals surface area contributed by atoms with Crippen molar-refractivity contribution in [1.82, 2.24) is 5.32 Å². The fourth-order valence-electron chi connectivity index (χ4n) is 3.09. The van der Waals surface area contributed by atoms with Gasteiger partial charge in [-0.3, -0.25) is 0 Å². The molecule has 18 heavy (non-hydrogen) atoms. The van der Waals surface area contributed by atoms with Crippen LogP contribution in [-0.2, 0) is 6.42 Å². The number of methoxy groups -OCH3 is 1. The van der Waals surface area contributed by atoms with E-state index in [0.717, 1.165) is 18.1 Å². The van der Waals surface area contributed by atoms with Crippen molar-refractivity contribution in [1.29, 1.82) is 0 Å². The predicted molar refractivity (Wildman–Crippen MR) is 76.1 cm³/mol. The fraction of sp³-hybridized carbons (Fsp3) is 0.625. The summed E-state index contributed by atoms with van der Waals surface area (Å²) in [6.45, 7) is 0. The smallest absolute Gasteiger partial charge is 0.119 e. The molecule has 0 saturated heterocycles. The minimum Gasteiger partial charge on any atom is -0.497 e. The molecule has 0 bridgehead atoms. The Morgan fingerprint density at radius 1 is 1.28 bits per heavy atom. The summed E-state index contributed by atoms with van der Waals surface area (Å²) in [6.07, 6.45) is 8.11. The zero-order valence-corrected chi connectivity index (χ0v) is 11.6. The lowest BCUT2D eigenvalue weighted by atomic mass is 9.81. The van der Waals surface area contributed by atoms with Crippen molar-refractivity contribution in [2.45, 2.75) is 44.6 Å². The number of hydrogen-bond acceptors (Lipinski definition) is 2. The average molecular weight is 247 g/mol. The lowest BCUT2D eigenvalue weighted by Crippen LogP contribution is -2.36. The van der Waals surface area contributed by atoms with Crippen molar-refractivity contribution in [3.8, 4) is 5.75 Å². The average Bonchev–Trinajstić information content (AvgIpc) is 2.46. The molecule has 2 rings (SSSR count). The third kappa shape index (κ3) is 3.49. The van der Waals surface area contributed by atoms with Gasteiger partial charge in [0.05, 0.1) is 7.11 Å². The van der Waals surface area contributed by atoms with E-state index in [-0.39, 0.29) is 0 Å². The Morgan fingerprint density at radius 3 is 2.72 bits per heavy atom. The minimum absolute atomic E-state index is 0.609. The maximum atomic E-state index is 5.30. The molecule has 0 spiro atoms. The normalized spacial score (nSPS) is 18.6. The lowest BCUT2D eigenvalue weighted by molar-refractivity contribution is 0.276. The zero-order valence-electron chi connectivity index (χ0n) is 11.6. The van der Waals surface area contributed by atoms with E-state index in [2.05, 4.69) is 30.6 Å². The van der Waals surface area contributed by atoms with E-state index in [0.29, 0.717) is 6.04 Å². The summed E-state index contributed by atoms with van der Waals surface area (Å²) in [6, 6.07) is 9.07. The number of benzene rings is 1. The molecule has 1 aromatic rings. The van der Waals surface area contributed by atoms with Gasteiger partial charge in [-0.05, 0) is 49.9 Å². The van der Waals surface area contributed by atoms with Gasteiger partial charge < -0.3 is 10.1 Å². The van der Waals surface area contributed by atoms with Crippen molar-refractivity contribution in [2.24, 2.45) is 5.92 Å². The summed E-state index contributed by atoms with van der Waals surface area (Å²) in [5.41, 5.74) is 1.37. The highest BCUT2D eigenvalue weighted by atomic mass is 16.5. The Hall–Kier alpha value is -1.02. The zero-order chi connectivity index (χ0) is 12.8. The van der Waals surface area contributed by atoms with Crippen LogP contribution in [0.4, 0.5) is 0 Å². The van der Waals surface area contributed by atoms with Crippen molar-refractivity contribution in [2.75, 3.05) is 14.2 Å². The lowest BCUT2D eigenvalue weighted by Gasteiger charge is -2.30. The van der Waals surface area contributed by atoms with Crippen LogP contribution in [0.2, 0.25) is 0 Å². The predicted octanol–water partition coefficient (Wildman–Crippen LogP) is 3.41. The van der Waals surface area contributed by atoms with Gasteiger partial charge in [0.25, 0.3) is 0 Å². The van der Waals surface area contributed by atoms with Crippen LogP contribution in [0.5, 0.6) is 5.75 Å². The van der Waals surface area contributed by atoms with Crippen LogP contribution in [0.1, 0.15) is 37.7 Å². The Balaban J connectivity index is 1.99. The van der Waals surface area contributed by atoms with Crippen LogP contribution in [0.25, 0.3) is 0 Å². The molecule has 0 aromatic heterocycles. The second-order valence-corrected chi connectivity index (χ2v) is 5.35. The molecule has 2 heteroatoms. The van der Waals surface area contributed by atoms with E-state index in [4.69, 9.17) is 4.74 Å². The Kier molecular flexibility index (Phi) is 5.06. The van der Waals surface area contributed by atoms with Crippen LogP contribution in [0.3, 0.4) is 0 Å². The van der Waals surface area contributed by atoms with Crippen molar-refractivity contribution in [3.63, 3.8) is 0 Å². The first-order valence-electron chi connectivity index (χ1n) is 7.13. The van der Waals surface area contributed by atoms with Crippen LogP contribution in [0, 0.1) is 5.92 Å². The van der Waals surface area contributed by atoms with Crippen LogP contribution in [0.15, 0.2) is 24.3 Å². The highest BCUT2D eigenvalue weighted by Crippen LogP contribution is 2.28. The summed E-state index contributed by atoms with van der Waals surface area (Å²) >= 11 is 0. The van der Waals surface area contributed by atoms with E-state index >= 15 is 0 Å². The van der Waals surface area contributed by atoms with Gasteiger partial charge in [0.15, 0.2) is 0 Å². The number of ether oxygens (including phenoxy) is 1. The number of hydrogen-bond donors (Lipinski definition) is 1. The van der Waals surface area contributed by atoms with E-state index in [9.17, 15) is 0 Å². The largest absolute Gasteiger partial charge is 0.497 e. The van der Waals surface area contributed by atoms with Gasteiger partial charge in [-0.15, -0.1) is 0 Å². The Labute approximate surface area is 111 Å². The summed E-state index contributed by atoms with van der Waals surface area (Å²) < 4.78 is 5.30. The van der Waals surface area contributed by atoms with E-state index in [1.165, 1.54) is 37.7 Å². The topological polar surface area (TPSA) is 21.3 Å². The molecular weight excluding hydrogens is 222 g/mol. The number of rotatable bonds is 5. The quantitative estimate of drug-likeness (QED) is 0.861. The molecule has 1 fully saturated rings. The van der Waals surface area contributed by atoms with Crippen LogP contribution < -0.4 is 10.1 Å². The molecule has 100 valence electrons. The summed E-state index contributed by atoms with van der Waals surface area (Å²) in [5.74, 6) is 1.81. The van der Waals surface area contributed by atoms with Crippen LogP contribution in [-0.4, -0.2) is 20.2 Å². The molecule has 1 aliphatic rings. The molecule has 0 aliphatic heterocycles. The highest BCUT2D eigenvalue weighted by Gasteiger charge is 2.22. The second kappa shape index (κ2) is 6.79. The Morgan fingerprint density at radius 2 is 2.06 bits per heavy atom. The molecule has 0 radical (unpaired) electrons. The van der Waals surface area contributed by atoms with Crippen molar-refractivity contribution < 1.29 is 4.74 Å². The molecule has 1 N–H and O–H groups in total. The summed E-state index contributed by atoms with van der Waals surface area (Å²) in [4.78, 5) is 0. The van der Waals surface area contributed by atoms with Gasteiger partial charge in [-0.1, -0.05) is 31.4 Å². The molecule has 1 atom stereocenters. The van der Waals surface area contributed by atoms with Gasteiger partial charge in [0.1, 0.15) is 5.75 Å². The van der Waals surface area contributed by atoms with E-state index in [1.807, 2.05) is 6.07 Å². The molecular formula is C16H25NO. The third-order valence-electron chi connectivity index (χ3n) is 4.18. The number of nitrogens with one attached hydrogen (secondary N) is 1. The maximum Gasteiger partial charge on any atom is 0.119 e. The minimum atomic E-state index is 0.609. The van der Waals surface area contributed by atoms with E-state index < -0.39 is 0 Å². The van der Waals surface area contributed by atoms with Gasteiger partial charge in [0.2, 0.25) is 0 Å². The van der Waals surface area contributed by atoms with Gasteiger partial charge in [-0.2, -0.15) is 0 Å². The molecule has 2 nitrogen and oxygen atoms in total. The third-order valence-corrected chi connectivity index (χ3v) is 4.18. The molecule has 1 aliphatic carbocycles. The highest BCUT2D eigenvalue weighted by molar-refractivity contribution is 5.29.